The minimum Gasteiger partial charge on any atom is -0.388 e. The lowest BCUT2D eigenvalue weighted by molar-refractivity contribution is 0.601. The Labute approximate surface area is 119 Å². The molecule has 0 aromatic heterocycles. The zero-order chi connectivity index (χ0) is 14.6. The average molecular weight is 290 g/mol. The van der Waals surface area contributed by atoms with E-state index >= 15 is 0 Å². The van der Waals surface area contributed by atoms with Crippen molar-refractivity contribution in [2.24, 2.45) is 0 Å². The van der Waals surface area contributed by atoms with Gasteiger partial charge in [-0.15, -0.1) is 0 Å². The predicted octanol–water partition coefficient (Wildman–Crippen LogP) is 3.09. The van der Waals surface area contributed by atoms with Gasteiger partial charge in [0.05, 0.1) is 10.6 Å². The lowest BCUT2D eigenvalue weighted by atomic mass is 10.1. The summed E-state index contributed by atoms with van der Waals surface area (Å²) in [5.41, 5.74) is 2.48. The summed E-state index contributed by atoms with van der Waals surface area (Å²) in [6.07, 6.45) is 0.775. The highest BCUT2D eigenvalue weighted by Gasteiger charge is 2.15. The molecule has 0 aliphatic heterocycles. The molecule has 4 nitrogen and oxygen atoms in total. The number of aryl methyl sites for hydroxylation is 1. The van der Waals surface area contributed by atoms with Gasteiger partial charge in [0.15, 0.2) is 0 Å². The van der Waals surface area contributed by atoms with E-state index in [0.29, 0.717) is 5.69 Å². The lowest BCUT2D eigenvalue weighted by Gasteiger charge is -2.12. The first-order chi connectivity index (χ1) is 9.56. The maximum absolute atomic E-state index is 12.3. The van der Waals surface area contributed by atoms with Gasteiger partial charge in [-0.25, -0.2) is 8.42 Å². The van der Waals surface area contributed by atoms with Crippen molar-refractivity contribution in [2.45, 2.75) is 18.2 Å². The fraction of sp³-hybridized carbons (Fsp3) is 0.200. The van der Waals surface area contributed by atoms with Gasteiger partial charge in [0.2, 0.25) is 0 Å². The second kappa shape index (κ2) is 5.96. The molecule has 0 aliphatic carbocycles. The van der Waals surface area contributed by atoms with E-state index < -0.39 is 10.0 Å². The molecule has 0 radical (unpaired) electrons. The minimum absolute atomic E-state index is 0.252. The van der Waals surface area contributed by atoms with Crippen LogP contribution in [0, 0.1) is 0 Å². The Morgan fingerprint density at radius 1 is 1.00 bits per heavy atom. The molecule has 2 aromatic carbocycles. The average Bonchev–Trinajstić information content (AvgIpc) is 2.47. The Kier molecular flexibility index (Phi) is 4.29. The molecule has 0 fully saturated rings. The molecule has 106 valence electrons. The molecule has 20 heavy (non-hydrogen) atoms. The third-order valence-corrected chi connectivity index (χ3v) is 4.48. The Morgan fingerprint density at radius 2 is 1.65 bits per heavy atom. The van der Waals surface area contributed by atoms with E-state index in [9.17, 15) is 8.42 Å². The fourth-order valence-electron chi connectivity index (χ4n) is 1.93. The molecule has 2 N–H and O–H groups in total. The zero-order valence-corrected chi connectivity index (χ0v) is 12.4. The molecule has 5 heteroatoms. The Balaban J connectivity index is 2.30. The van der Waals surface area contributed by atoms with E-state index in [2.05, 4.69) is 10.0 Å². The molecule has 2 aromatic rings. The van der Waals surface area contributed by atoms with Crippen molar-refractivity contribution in [1.29, 1.82) is 0 Å². The summed E-state index contributed by atoms with van der Waals surface area (Å²) in [6.45, 7) is 1.99. The van der Waals surface area contributed by atoms with Gasteiger partial charge in [-0.1, -0.05) is 25.1 Å². The van der Waals surface area contributed by atoms with Crippen LogP contribution in [-0.4, -0.2) is 15.5 Å². The van der Waals surface area contributed by atoms with E-state index in [4.69, 9.17) is 0 Å². The van der Waals surface area contributed by atoms with Crippen LogP contribution in [0.15, 0.2) is 53.4 Å². The molecular weight excluding hydrogens is 272 g/mol. The van der Waals surface area contributed by atoms with E-state index in [1.54, 1.807) is 37.4 Å². The van der Waals surface area contributed by atoms with Crippen molar-refractivity contribution in [1.82, 2.24) is 0 Å². The Hall–Kier alpha value is -2.01. The fourth-order valence-corrected chi connectivity index (χ4v) is 3.03. The maximum Gasteiger partial charge on any atom is 0.261 e. The highest BCUT2D eigenvalue weighted by atomic mass is 32.2. The van der Waals surface area contributed by atoms with Crippen molar-refractivity contribution in [2.75, 3.05) is 17.1 Å². The number of sulfonamides is 1. The first kappa shape index (κ1) is 14.4. The third kappa shape index (κ3) is 3.11. The maximum atomic E-state index is 12.3. The molecule has 2 rings (SSSR count). The molecular formula is C15H18N2O2S. The lowest BCUT2D eigenvalue weighted by Crippen LogP contribution is -2.14. The molecule has 0 spiro atoms. The molecule has 0 saturated carbocycles. The minimum atomic E-state index is -3.55. The largest absolute Gasteiger partial charge is 0.388 e. The van der Waals surface area contributed by atoms with Crippen molar-refractivity contribution in [3.63, 3.8) is 0 Å². The van der Waals surface area contributed by atoms with Crippen molar-refractivity contribution in [3.05, 3.63) is 54.1 Å². The van der Waals surface area contributed by atoms with Crippen LogP contribution in [-0.2, 0) is 16.4 Å². The van der Waals surface area contributed by atoms with Crippen LogP contribution in [0.4, 0.5) is 11.4 Å². The van der Waals surface area contributed by atoms with Crippen molar-refractivity contribution in [3.8, 4) is 0 Å². The highest BCUT2D eigenvalue weighted by Crippen LogP contribution is 2.21. The summed E-state index contributed by atoms with van der Waals surface area (Å²) in [6, 6.07) is 14.1. The summed E-state index contributed by atoms with van der Waals surface area (Å²) in [5, 5.41) is 2.96. The summed E-state index contributed by atoms with van der Waals surface area (Å²) in [5.74, 6) is 0. The Bertz CT molecular complexity index is 679. The van der Waals surface area contributed by atoms with Gasteiger partial charge in [-0.3, -0.25) is 4.72 Å². The molecule has 0 heterocycles. The van der Waals surface area contributed by atoms with Gasteiger partial charge in [0, 0.05) is 12.7 Å². The first-order valence-electron chi connectivity index (χ1n) is 6.45. The summed E-state index contributed by atoms with van der Waals surface area (Å²) in [4.78, 5) is 0.252. The smallest absolute Gasteiger partial charge is 0.261 e. The van der Waals surface area contributed by atoms with E-state index in [0.717, 1.165) is 17.7 Å². The highest BCUT2D eigenvalue weighted by molar-refractivity contribution is 7.92. The predicted molar refractivity (Wildman–Crippen MR) is 82.6 cm³/mol. The van der Waals surface area contributed by atoms with Crippen LogP contribution in [0.3, 0.4) is 0 Å². The topological polar surface area (TPSA) is 58.2 Å². The number of benzene rings is 2. The molecule has 0 bridgehead atoms. The molecule has 0 saturated heterocycles. The quantitative estimate of drug-likeness (QED) is 0.889. The molecule has 0 unspecified atom stereocenters. The third-order valence-electron chi connectivity index (χ3n) is 3.10. The van der Waals surface area contributed by atoms with E-state index in [-0.39, 0.29) is 4.90 Å². The molecule has 0 aliphatic rings. The number of rotatable bonds is 5. The van der Waals surface area contributed by atoms with Gasteiger partial charge in [-0.05, 0) is 42.3 Å². The van der Waals surface area contributed by atoms with E-state index in [1.165, 1.54) is 0 Å². The van der Waals surface area contributed by atoms with Crippen LogP contribution in [0.1, 0.15) is 12.5 Å². The summed E-state index contributed by atoms with van der Waals surface area (Å²) >= 11 is 0. The molecule has 0 atom stereocenters. The van der Waals surface area contributed by atoms with Gasteiger partial charge in [0.1, 0.15) is 0 Å². The first-order valence-corrected chi connectivity index (χ1v) is 7.93. The van der Waals surface area contributed by atoms with Crippen molar-refractivity contribution < 1.29 is 8.42 Å². The van der Waals surface area contributed by atoms with E-state index in [1.807, 2.05) is 25.1 Å². The van der Waals surface area contributed by atoms with Crippen molar-refractivity contribution >= 4 is 21.4 Å². The summed E-state index contributed by atoms with van der Waals surface area (Å²) < 4.78 is 27.3. The normalized spacial score (nSPS) is 11.1. The Morgan fingerprint density at radius 3 is 2.25 bits per heavy atom. The van der Waals surface area contributed by atoms with Gasteiger partial charge >= 0.3 is 0 Å². The number of nitrogens with one attached hydrogen (secondary N) is 2. The molecule has 0 amide bonds. The standard InChI is InChI=1S/C15H18N2O2S/c1-3-12-6-4-5-7-15(12)17-20(18,19)14-10-8-13(16-2)9-11-14/h4-11,16-17H,3H2,1-2H3. The van der Waals surface area contributed by atoms with Crippen LogP contribution in [0.25, 0.3) is 0 Å². The zero-order valence-electron chi connectivity index (χ0n) is 11.6. The number of hydrogen-bond acceptors (Lipinski definition) is 3. The number of para-hydroxylation sites is 1. The monoisotopic (exact) mass is 290 g/mol. The number of hydrogen-bond donors (Lipinski definition) is 2. The second-order valence-electron chi connectivity index (χ2n) is 4.39. The SMILES string of the molecule is CCc1ccccc1NS(=O)(=O)c1ccc(NC)cc1. The van der Waals surface area contributed by atoms with Crippen LogP contribution < -0.4 is 10.0 Å². The van der Waals surface area contributed by atoms with Gasteiger partial charge in [0.25, 0.3) is 10.0 Å². The van der Waals surface area contributed by atoms with Gasteiger partial charge in [-0.2, -0.15) is 0 Å². The van der Waals surface area contributed by atoms with Gasteiger partial charge < -0.3 is 5.32 Å². The summed E-state index contributed by atoms with van der Waals surface area (Å²) in [7, 11) is -1.76. The van der Waals surface area contributed by atoms with Crippen LogP contribution >= 0.6 is 0 Å². The van der Waals surface area contributed by atoms with Crippen LogP contribution in [0.2, 0.25) is 0 Å². The second-order valence-corrected chi connectivity index (χ2v) is 6.07. The number of anilines is 2. The van der Waals surface area contributed by atoms with Crippen LogP contribution in [0.5, 0.6) is 0 Å².